The number of anilines is 3. The highest BCUT2D eigenvalue weighted by Crippen LogP contribution is 2.39. The number of hydrogen-bond donors (Lipinski definition) is 3. The number of thiocarbonyl (C=S) groups is 1. The van der Waals surface area contributed by atoms with Crippen LogP contribution in [0.15, 0.2) is 36.4 Å². The van der Waals surface area contributed by atoms with E-state index in [0.717, 1.165) is 0 Å². The maximum absolute atomic E-state index is 13.3. The predicted octanol–water partition coefficient (Wildman–Crippen LogP) is 2.92. The normalized spacial score (nSPS) is 15.8. The molecule has 12 heteroatoms. The molecular formula is C22H20Cl2N6O3S. The number of amides is 3. The number of carbonyl (C=O) groups is 3. The summed E-state index contributed by atoms with van der Waals surface area (Å²) in [6, 6.07) is 10.1. The third-order valence-electron chi connectivity index (χ3n) is 5.22. The minimum absolute atomic E-state index is 0.167. The van der Waals surface area contributed by atoms with Gasteiger partial charge >= 0.3 is 0 Å². The van der Waals surface area contributed by atoms with Crippen LogP contribution in [0.25, 0.3) is 0 Å². The molecule has 0 radical (unpaired) electrons. The molecule has 0 bridgehead atoms. The first kappa shape index (κ1) is 25.4. The van der Waals surface area contributed by atoms with Crippen LogP contribution in [0.2, 0.25) is 10.0 Å². The average Bonchev–Trinajstić information content (AvgIpc) is 2.93. The van der Waals surface area contributed by atoms with E-state index in [2.05, 4.69) is 5.32 Å². The van der Waals surface area contributed by atoms with Crippen molar-refractivity contribution in [2.24, 2.45) is 11.5 Å². The van der Waals surface area contributed by atoms with Crippen molar-refractivity contribution in [1.29, 1.82) is 5.26 Å². The van der Waals surface area contributed by atoms with Gasteiger partial charge in [0.25, 0.3) is 5.91 Å². The van der Waals surface area contributed by atoms with Crippen molar-refractivity contribution in [1.82, 2.24) is 0 Å². The first-order valence-corrected chi connectivity index (χ1v) is 11.1. The highest BCUT2D eigenvalue weighted by atomic mass is 35.5. The Kier molecular flexibility index (Phi) is 7.14. The third kappa shape index (κ3) is 4.69. The predicted molar refractivity (Wildman–Crippen MR) is 135 cm³/mol. The lowest BCUT2D eigenvalue weighted by molar-refractivity contribution is -0.123. The molecule has 0 aliphatic carbocycles. The third-order valence-corrected chi connectivity index (χ3v) is 6.23. The molecule has 1 aliphatic heterocycles. The molecule has 0 saturated carbocycles. The lowest BCUT2D eigenvalue weighted by Crippen LogP contribution is -2.44. The van der Waals surface area contributed by atoms with Gasteiger partial charge in [0.15, 0.2) is 5.11 Å². The van der Waals surface area contributed by atoms with Gasteiger partial charge in [0.2, 0.25) is 11.8 Å². The van der Waals surface area contributed by atoms with Crippen LogP contribution in [-0.2, 0) is 14.4 Å². The molecule has 0 spiro atoms. The van der Waals surface area contributed by atoms with Crippen LogP contribution >= 0.6 is 35.4 Å². The van der Waals surface area contributed by atoms with E-state index < -0.39 is 23.4 Å². The number of nitrogens with one attached hydrogen (secondary N) is 1. The summed E-state index contributed by atoms with van der Waals surface area (Å²) in [5.74, 6) is -1.68. The molecule has 1 fully saturated rings. The molecule has 176 valence electrons. The van der Waals surface area contributed by atoms with Crippen LogP contribution in [0.5, 0.6) is 0 Å². The lowest BCUT2D eigenvalue weighted by Gasteiger charge is -2.30. The average molecular weight is 519 g/mol. The molecule has 34 heavy (non-hydrogen) atoms. The molecule has 1 heterocycles. The Morgan fingerprint density at radius 3 is 2.41 bits per heavy atom. The van der Waals surface area contributed by atoms with Gasteiger partial charge in [-0.05, 0) is 62.5 Å². The summed E-state index contributed by atoms with van der Waals surface area (Å²) >= 11 is 18.0. The van der Waals surface area contributed by atoms with Crippen LogP contribution in [0, 0.1) is 11.3 Å². The van der Waals surface area contributed by atoms with Crippen molar-refractivity contribution in [3.8, 4) is 6.07 Å². The molecule has 0 aromatic heterocycles. The molecular weight excluding hydrogens is 499 g/mol. The van der Waals surface area contributed by atoms with Gasteiger partial charge in [0.05, 0.1) is 39.4 Å². The number of carbonyl (C=O) groups excluding carboxylic acids is 3. The van der Waals surface area contributed by atoms with Gasteiger partial charge in [-0.25, -0.2) is 0 Å². The van der Waals surface area contributed by atoms with E-state index in [1.807, 2.05) is 6.07 Å². The Labute approximate surface area is 211 Å². The number of benzene rings is 2. The van der Waals surface area contributed by atoms with E-state index in [9.17, 15) is 14.4 Å². The zero-order chi connectivity index (χ0) is 25.4. The van der Waals surface area contributed by atoms with Crippen molar-refractivity contribution in [3.05, 3.63) is 52.0 Å². The quantitative estimate of drug-likeness (QED) is 0.498. The van der Waals surface area contributed by atoms with Crippen molar-refractivity contribution in [2.75, 3.05) is 15.1 Å². The van der Waals surface area contributed by atoms with Gasteiger partial charge < -0.3 is 21.7 Å². The Morgan fingerprint density at radius 2 is 1.82 bits per heavy atom. The Hall–Kier alpha value is -3.23. The van der Waals surface area contributed by atoms with E-state index in [1.165, 1.54) is 23.1 Å². The second kappa shape index (κ2) is 9.56. The molecule has 1 aliphatic rings. The van der Waals surface area contributed by atoms with Gasteiger partial charge in [-0.3, -0.25) is 19.3 Å². The number of rotatable bonds is 6. The van der Waals surface area contributed by atoms with Gasteiger partial charge in [-0.2, -0.15) is 5.26 Å². The zero-order valence-electron chi connectivity index (χ0n) is 18.1. The Bertz CT molecular complexity index is 1260. The fourth-order valence-corrected chi connectivity index (χ4v) is 4.38. The molecule has 2 aromatic carbocycles. The second-order valence-corrected chi connectivity index (χ2v) is 9.20. The van der Waals surface area contributed by atoms with Crippen LogP contribution in [0.3, 0.4) is 0 Å². The molecule has 5 N–H and O–H groups in total. The number of nitrogens with two attached hydrogens (primary N) is 2. The number of halogens is 2. The molecule has 2 aromatic rings. The molecule has 9 nitrogen and oxygen atoms in total. The molecule has 3 amide bonds. The van der Waals surface area contributed by atoms with Crippen LogP contribution in [-0.4, -0.2) is 34.4 Å². The first-order chi connectivity index (χ1) is 15.9. The lowest BCUT2D eigenvalue weighted by atomic mass is 10.0. The smallest absolute Gasteiger partial charge is 0.259 e. The fraction of sp³-hybridized carbons (Fsp3) is 0.227. The molecule has 1 atom stereocenters. The highest BCUT2D eigenvalue weighted by molar-refractivity contribution is 7.81. The maximum atomic E-state index is 13.3. The van der Waals surface area contributed by atoms with E-state index >= 15 is 0 Å². The second-order valence-electron chi connectivity index (χ2n) is 8.02. The van der Waals surface area contributed by atoms with Crippen molar-refractivity contribution in [2.45, 2.75) is 31.8 Å². The summed E-state index contributed by atoms with van der Waals surface area (Å²) in [4.78, 5) is 39.7. The van der Waals surface area contributed by atoms with Crippen LogP contribution in [0.1, 0.15) is 25.8 Å². The van der Waals surface area contributed by atoms with E-state index in [4.69, 9.17) is 52.1 Å². The van der Waals surface area contributed by atoms with Crippen molar-refractivity contribution >= 4 is 75.3 Å². The monoisotopic (exact) mass is 518 g/mol. The number of hydrogen-bond acceptors (Lipinski definition) is 6. The molecule has 3 rings (SSSR count). The first-order valence-electron chi connectivity index (χ1n) is 9.91. The van der Waals surface area contributed by atoms with Crippen LogP contribution in [0.4, 0.5) is 17.1 Å². The van der Waals surface area contributed by atoms with Gasteiger partial charge in [0, 0.05) is 5.69 Å². The summed E-state index contributed by atoms with van der Waals surface area (Å²) in [7, 11) is 0. The Balaban J connectivity index is 1.97. The van der Waals surface area contributed by atoms with Crippen LogP contribution < -0.4 is 26.6 Å². The molecule has 0 unspecified atom stereocenters. The van der Waals surface area contributed by atoms with E-state index in [-0.39, 0.29) is 38.7 Å². The standard InChI is InChI=1S/C22H20Cl2N6O3S/c1-22(2)20(33)29(12-4-3-11(10-25)15(24)7-12)21(34)30(22)13-5-6-14(23)17(8-13)28-19(32)16(26)9-18(27)31/h3-8,16H,9,26H2,1-2H3,(H2,27,31)(H,28,32)/t16-/m0/s1. The zero-order valence-corrected chi connectivity index (χ0v) is 20.5. The summed E-state index contributed by atoms with van der Waals surface area (Å²) in [5, 5.41) is 12.3. The van der Waals surface area contributed by atoms with Crippen molar-refractivity contribution in [3.63, 3.8) is 0 Å². The largest absolute Gasteiger partial charge is 0.370 e. The van der Waals surface area contributed by atoms with Gasteiger partial charge in [-0.1, -0.05) is 23.2 Å². The topological polar surface area (TPSA) is 146 Å². The van der Waals surface area contributed by atoms with E-state index in [0.29, 0.717) is 11.4 Å². The number of nitrogens with zero attached hydrogens (tertiary/aromatic N) is 3. The SMILES string of the molecule is CC1(C)C(=O)N(c2ccc(C#N)c(Cl)c2)C(=S)N1c1ccc(Cl)c(NC(=O)[C@@H](N)CC(N)=O)c1. The summed E-state index contributed by atoms with van der Waals surface area (Å²) < 4.78 is 0. The van der Waals surface area contributed by atoms with E-state index in [1.54, 1.807) is 36.9 Å². The summed E-state index contributed by atoms with van der Waals surface area (Å²) in [6.07, 6.45) is -0.330. The fourth-order valence-electron chi connectivity index (χ4n) is 3.47. The van der Waals surface area contributed by atoms with Crippen molar-refractivity contribution < 1.29 is 14.4 Å². The van der Waals surface area contributed by atoms with Gasteiger partial charge in [0.1, 0.15) is 11.6 Å². The Morgan fingerprint density at radius 1 is 1.18 bits per heavy atom. The molecule has 1 saturated heterocycles. The minimum Gasteiger partial charge on any atom is -0.370 e. The highest BCUT2D eigenvalue weighted by Gasteiger charge is 2.50. The minimum atomic E-state index is -1.15. The number of nitriles is 1. The summed E-state index contributed by atoms with van der Waals surface area (Å²) in [5.41, 5.74) is 11.1. The van der Waals surface area contributed by atoms with Gasteiger partial charge in [-0.15, -0.1) is 0 Å². The maximum Gasteiger partial charge on any atom is 0.259 e. The number of primary amides is 1. The summed E-state index contributed by atoms with van der Waals surface area (Å²) in [6.45, 7) is 3.39.